The number of carboxylic acids is 1. The van der Waals surface area contributed by atoms with E-state index in [1.807, 2.05) is 13.0 Å². The summed E-state index contributed by atoms with van der Waals surface area (Å²) in [6.45, 7) is 2.25. The van der Waals surface area contributed by atoms with Crippen molar-refractivity contribution in [2.45, 2.75) is 18.9 Å². The molecule has 1 atom stereocenters. The third kappa shape index (κ3) is 1.47. The third-order valence-electron chi connectivity index (χ3n) is 2.75. The third-order valence-corrected chi connectivity index (χ3v) is 2.75. The van der Waals surface area contributed by atoms with Crippen LogP contribution in [0.4, 0.5) is 0 Å². The number of hydrogen-bond acceptors (Lipinski definition) is 3. The number of ether oxygens (including phenoxy) is 1. The van der Waals surface area contributed by atoms with Crippen LogP contribution in [0.15, 0.2) is 18.2 Å². The largest absolute Gasteiger partial charge is 0.493 e. The second-order valence-electron chi connectivity index (χ2n) is 3.87. The lowest BCUT2D eigenvalue weighted by molar-refractivity contribution is -0.144. The van der Waals surface area contributed by atoms with Gasteiger partial charge < -0.3 is 15.6 Å². The van der Waals surface area contributed by atoms with Gasteiger partial charge in [-0.1, -0.05) is 11.6 Å². The van der Waals surface area contributed by atoms with Crippen molar-refractivity contribution in [1.29, 1.82) is 0 Å². The lowest BCUT2D eigenvalue weighted by Crippen LogP contribution is -2.48. The molecule has 80 valence electrons. The first-order valence-electron chi connectivity index (χ1n) is 4.80. The summed E-state index contributed by atoms with van der Waals surface area (Å²) in [4.78, 5) is 11.2. The van der Waals surface area contributed by atoms with Crippen LogP contribution in [0.3, 0.4) is 0 Å². The van der Waals surface area contributed by atoms with Crippen LogP contribution in [-0.4, -0.2) is 17.7 Å². The summed E-state index contributed by atoms with van der Waals surface area (Å²) in [5.41, 5.74) is 6.15. The molecule has 0 bridgehead atoms. The molecule has 0 saturated heterocycles. The van der Waals surface area contributed by atoms with Crippen LogP contribution in [0.5, 0.6) is 5.75 Å². The molecule has 1 aromatic rings. The molecule has 1 aliphatic rings. The lowest BCUT2D eigenvalue weighted by Gasteiger charge is -2.31. The summed E-state index contributed by atoms with van der Waals surface area (Å²) in [7, 11) is 0. The van der Waals surface area contributed by atoms with Gasteiger partial charge in [-0.05, 0) is 19.1 Å². The second-order valence-corrected chi connectivity index (χ2v) is 3.87. The fourth-order valence-corrected chi connectivity index (χ4v) is 1.80. The van der Waals surface area contributed by atoms with Crippen molar-refractivity contribution in [3.8, 4) is 5.75 Å². The zero-order valence-corrected chi connectivity index (χ0v) is 8.49. The van der Waals surface area contributed by atoms with Gasteiger partial charge in [0.05, 0.1) is 6.61 Å². The smallest absolute Gasteiger partial charge is 0.328 e. The number of aliphatic carboxylic acids is 1. The average Bonchev–Trinajstić information content (AvgIpc) is 2.19. The molecular formula is C11H13NO3. The van der Waals surface area contributed by atoms with Gasteiger partial charge in [0.2, 0.25) is 0 Å². The summed E-state index contributed by atoms with van der Waals surface area (Å²) in [5, 5.41) is 9.15. The van der Waals surface area contributed by atoms with E-state index in [0.29, 0.717) is 24.3 Å². The Bertz CT molecular complexity index is 416. The molecule has 0 amide bonds. The molecule has 4 nitrogen and oxygen atoms in total. The molecular weight excluding hydrogens is 194 g/mol. The lowest BCUT2D eigenvalue weighted by atomic mass is 9.85. The number of fused-ring (bicyclic) bond motifs is 1. The Morgan fingerprint density at radius 3 is 3.00 bits per heavy atom. The molecule has 1 aromatic carbocycles. The minimum Gasteiger partial charge on any atom is -0.493 e. The number of nitrogens with two attached hydrogens (primary N) is 1. The zero-order valence-electron chi connectivity index (χ0n) is 8.49. The number of carboxylic acid groups (broad SMARTS) is 1. The minimum absolute atomic E-state index is 0.304. The van der Waals surface area contributed by atoms with Crippen LogP contribution >= 0.6 is 0 Å². The van der Waals surface area contributed by atoms with Crippen LogP contribution in [0.25, 0.3) is 0 Å². The molecule has 0 saturated carbocycles. The molecule has 0 aromatic heterocycles. The molecule has 0 radical (unpaired) electrons. The Kier molecular flexibility index (Phi) is 2.16. The highest BCUT2D eigenvalue weighted by atomic mass is 16.5. The van der Waals surface area contributed by atoms with Gasteiger partial charge >= 0.3 is 5.97 Å². The molecule has 0 aliphatic carbocycles. The molecule has 3 N–H and O–H groups in total. The zero-order chi connectivity index (χ0) is 11.1. The highest BCUT2D eigenvalue weighted by molar-refractivity contribution is 5.82. The predicted molar refractivity (Wildman–Crippen MR) is 54.8 cm³/mol. The van der Waals surface area contributed by atoms with Crippen LogP contribution in [0, 0.1) is 6.92 Å². The number of benzene rings is 1. The molecule has 15 heavy (non-hydrogen) atoms. The molecule has 0 fully saturated rings. The summed E-state index contributed by atoms with van der Waals surface area (Å²) >= 11 is 0. The Balaban J connectivity index is 2.59. The van der Waals surface area contributed by atoms with E-state index < -0.39 is 11.5 Å². The Labute approximate surface area is 87.7 Å². The van der Waals surface area contributed by atoms with Crippen molar-refractivity contribution < 1.29 is 14.6 Å². The SMILES string of the molecule is Cc1ccc2c(c1)[C@](N)(C(=O)O)CCO2. The van der Waals surface area contributed by atoms with Gasteiger partial charge in [-0.25, -0.2) is 4.79 Å². The Morgan fingerprint density at radius 1 is 1.60 bits per heavy atom. The normalized spacial score (nSPS) is 24.1. The van der Waals surface area contributed by atoms with Gasteiger partial charge in [0.15, 0.2) is 0 Å². The average molecular weight is 207 g/mol. The van der Waals surface area contributed by atoms with Crippen LogP contribution in [0.1, 0.15) is 17.5 Å². The summed E-state index contributed by atoms with van der Waals surface area (Å²) in [6, 6.07) is 5.43. The van der Waals surface area contributed by atoms with E-state index in [2.05, 4.69) is 0 Å². The van der Waals surface area contributed by atoms with E-state index in [9.17, 15) is 4.79 Å². The Hall–Kier alpha value is -1.55. The van der Waals surface area contributed by atoms with Crippen molar-refractivity contribution in [3.05, 3.63) is 29.3 Å². The molecule has 0 spiro atoms. The van der Waals surface area contributed by atoms with Gasteiger partial charge in [-0.3, -0.25) is 0 Å². The van der Waals surface area contributed by atoms with E-state index in [1.165, 1.54) is 0 Å². The van der Waals surface area contributed by atoms with Crippen LogP contribution in [0.2, 0.25) is 0 Å². The first kappa shape index (κ1) is 9.98. The molecule has 1 aliphatic heterocycles. The predicted octanol–water partition coefficient (Wildman–Crippen LogP) is 1.02. The second kappa shape index (κ2) is 3.24. The van der Waals surface area contributed by atoms with Gasteiger partial charge in [-0.2, -0.15) is 0 Å². The van der Waals surface area contributed by atoms with Crippen molar-refractivity contribution in [1.82, 2.24) is 0 Å². The summed E-state index contributed by atoms with van der Waals surface area (Å²) in [5.74, 6) is -0.422. The first-order valence-corrected chi connectivity index (χ1v) is 4.80. The van der Waals surface area contributed by atoms with Crippen molar-refractivity contribution in [3.63, 3.8) is 0 Å². The molecule has 2 rings (SSSR count). The monoisotopic (exact) mass is 207 g/mol. The highest BCUT2D eigenvalue weighted by Crippen LogP contribution is 2.35. The Morgan fingerprint density at radius 2 is 2.33 bits per heavy atom. The topological polar surface area (TPSA) is 72.6 Å². The van der Waals surface area contributed by atoms with E-state index >= 15 is 0 Å². The van der Waals surface area contributed by atoms with Crippen molar-refractivity contribution in [2.24, 2.45) is 5.73 Å². The maximum Gasteiger partial charge on any atom is 0.328 e. The van der Waals surface area contributed by atoms with Gasteiger partial charge in [0, 0.05) is 12.0 Å². The summed E-state index contributed by atoms with van der Waals surface area (Å²) in [6.07, 6.45) is 0.304. The van der Waals surface area contributed by atoms with E-state index in [4.69, 9.17) is 15.6 Å². The van der Waals surface area contributed by atoms with Crippen LogP contribution in [-0.2, 0) is 10.3 Å². The number of carbonyl (C=O) groups is 1. The van der Waals surface area contributed by atoms with Crippen LogP contribution < -0.4 is 10.5 Å². The molecule has 0 unspecified atom stereocenters. The minimum atomic E-state index is -1.31. The summed E-state index contributed by atoms with van der Waals surface area (Å²) < 4.78 is 5.38. The van der Waals surface area contributed by atoms with Gasteiger partial charge in [0.25, 0.3) is 0 Å². The fraction of sp³-hybridized carbons (Fsp3) is 0.364. The molecule has 1 heterocycles. The number of rotatable bonds is 1. The van der Waals surface area contributed by atoms with Crippen molar-refractivity contribution in [2.75, 3.05) is 6.61 Å². The van der Waals surface area contributed by atoms with E-state index in [0.717, 1.165) is 5.56 Å². The maximum atomic E-state index is 11.2. The van der Waals surface area contributed by atoms with Crippen molar-refractivity contribution >= 4 is 5.97 Å². The quantitative estimate of drug-likeness (QED) is 0.721. The van der Waals surface area contributed by atoms with Gasteiger partial charge in [0.1, 0.15) is 11.3 Å². The van der Waals surface area contributed by atoms with E-state index in [-0.39, 0.29) is 0 Å². The number of hydrogen-bond donors (Lipinski definition) is 2. The molecule has 4 heteroatoms. The van der Waals surface area contributed by atoms with E-state index in [1.54, 1.807) is 12.1 Å². The maximum absolute atomic E-state index is 11.2. The van der Waals surface area contributed by atoms with Gasteiger partial charge in [-0.15, -0.1) is 0 Å². The fourth-order valence-electron chi connectivity index (χ4n) is 1.80. The number of aryl methyl sites for hydroxylation is 1. The first-order chi connectivity index (χ1) is 7.04. The highest BCUT2D eigenvalue weighted by Gasteiger charge is 2.41. The standard InChI is InChI=1S/C11H13NO3/c1-7-2-3-9-8(6-7)11(12,10(13)14)4-5-15-9/h2-3,6H,4-5,12H2,1H3,(H,13,14)/t11-/m0/s1.